The highest BCUT2D eigenvalue weighted by Gasteiger charge is 2.10. The molecule has 3 aromatic rings. The van der Waals surface area contributed by atoms with Crippen LogP contribution in [0, 0.1) is 6.92 Å². The number of anilines is 1. The van der Waals surface area contributed by atoms with Crippen molar-refractivity contribution in [1.82, 2.24) is 5.43 Å². The van der Waals surface area contributed by atoms with Crippen molar-refractivity contribution in [3.8, 4) is 5.75 Å². The Kier molecular flexibility index (Phi) is 8.72. The smallest absolute Gasteiger partial charge is 0.249 e. The lowest BCUT2D eigenvalue weighted by molar-refractivity contribution is -0.126. The van der Waals surface area contributed by atoms with E-state index in [-0.39, 0.29) is 6.61 Å². The van der Waals surface area contributed by atoms with Crippen molar-refractivity contribution in [1.29, 1.82) is 0 Å². The first-order chi connectivity index (χ1) is 15.8. The second-order valence-corrected chi connectivity index (χ2v) is 8.30. The SMILES string of the molecule is Cc1ccc(NC(=O)CC(=O)NN=Cc2ccccc2OCc2ccc(Cl)cc2Cl)cc1Cl. The molecule has 0 atom stereocenters. The first-order valence-corrected chi connectivity index (χ1v) is 11.0. The number of amides is 2. The molecule has 0 bridgehead atoms. The molecule has 0 aliphatic rings. The van der Waals surface area contributed by atoms with E-state index in [0.717, 1.165) is 11.1 Å². The Balaban J connectivity index is 1.53. The Hall–Kier alpha value is -3.06. The lowest BCUT2D eigenvalue weighted by Crippen LogP contribution is -2.24. The van der Waals surface area contributed by atoms with Crippen LogP contribution in [0.15, 0.2) is 65.8 Å². The fraction of sp³-hybridized carbons (Fsp3) is 0.125. The van der Waals surface area contributed by atoms with Gasteiger partial charge in [-0.25, -0.2) is 5.43 Å². The van der Waals surface area contributed by atoms with Crippen LogP contribution in [0.2, 0.25) is 15.1 Å². The Morgan fingerprint density at radius 1 is 0.970 bits per heavy atom. The summed E-state index contributed by atoms with van der Waals surface area (Å²) in [6, 6.07) is 17.5. The van der Waals surface area contributed by atoms with Crippen LogP contribution < -0.4 is 15.5 Å². The first-order valence-electron chi connectivity index (χ1n) is 9.85. The Labute approximate surface area is 206 Å². The third kappa shape index (κ3) is 7.49. The zero-order valence-corrected chi connectivity index (χ0v) is 19.8. The maximum Gasteiger partial charge on any atom is 0.249 e. The van der Waals surface area contributed by atoms with Gasteiger partial charge in [-0.05, 0) is 48.9 Å². The van der Waals surface area contributed by atoms with Gasteiger partial charge < -0.3 is 10.1 Å². The molecule has 3 rings (SSSR count). The van der Waals surface area contributed by atoms with Crippen molar-refractivity contribution in [3.05, 3.63) is 92.4 Å². The topological polar surface area (TPSA) is 79.8 Å². The molecule has 0 radical (unpaired) electrons. The molecular formula is C24H20Cl3N3O3. The number of halogens is 3. The van der Waals surface area contributed by atoms with E-state index in [4.69, 9.17) is 39.5 Å². The number of nitrogens with zero attached hydrogens (tertiary/aromatic N) is 1. The molecule has 0 aliphatic carbocycles. The minimum absolute atomic E-state index is 0.233. The highest BCUT2D eigenvalue weighted by molar-refractivity contribution is 6.35. The molecule has 0 spiro atoms. The van der Waals surface area contributed by atoms with Gasteiger partial charge >= 0.3 is 0 Å². The number of benzene rings is 3. The van der Waals surface area contributed by atoms with E-state index in [0.29, 0.717) is 32.1 Å². The minimum atomic E-state index is -0.562. The Bertz CT molecular complexity index is 1200. The summed E-state index contributed by atoms with van der Waals surface area (Å²) in [6.07, 6.45) is 1.05. The predicted octanol–water partition coefficient (Wildman–Crippen LogP) is 6.01. The number of para-hydroxylation sites is 1. The molecule has 0 unspecified atom stereocenters. The van der Waals surface area contributed by atoms with Gasteiger partial charge in [-0.2, -0.15) is 5.10 Å². The summed E-state index contributed by atoms with van der Waals surface area (Å²) >= 11 is 18.1. The molecule has 9 heteroatoms. The van der Waals surface area contributed by atoms with Crippen molar-refractivity contribution < 1.29 is 14.3 Å². The second-order valence-electron chi connectivity index (χ2n) is 7.04. The summed E-state index contributed by atoms with van der Waals surface area (Å²) in [5.41, 5.74) is 5.16. The monoisotopic (exact) mass is 503 g/mol. The fourth-order valence-corrected chi connectivity index (χ4v) is 3.39. The maximum absolute atomic E-state index is 12.1. The number of hydrogen-bond donors (Lipinski definition) is 2. The van der Waals surface area contributed by atoms with Gasteiger partial charge in [-0.1, -0.05) is 59.1 Å². The summed E-state index contributed by atoms with van der Waals surface area (Å²) in [4.78, 5) is 24.1. The number of ether oxygens (including phenoxy) is 1. The molecule has 0 aromatic heterocycles. The Morgan fingerprint density at radius 2 is 1.76 bits per heavy atom. The predicted molar refractivity (Wildman–Crippen MR) is 132 cm³/mol. The molecule has 2 N–H and O–H groups in total. The van der Waals surface area contributed by atoms with E-state index in [1.54, 1.807) is 48.5 Å². The van der Waals surface area contributed by atoms with Gasteiger partial charge in [0, 0.05) is 31.9 Å². The van der Waals surface area contributed by atoms with Crippen molar-refractivity contribution in [2.45, 2.75) is 20.0 Å². The second kappa shape index (κ2) is 11.7. The van der Waals surface area contributed by atoms with Crippen LogP contribution in [-0.2, 0) is 16.2 Å². The Morgan fingerprint density at radius 3 is 2.52 bits per heavy atom. The molecule has 2 amide bonds. The summed E-state index contributed by atoms with van der Waals surface area (Å²) in [5.74, 6) is -0.491. The van der Waals surface area contributed by atoms with Crippen molar-refractivity contribution in [2.24, 2.45) is 5.10 Å². The van der Waals surface area contributed by atoms with E-state index in [1.165, 1.54) is 6.21 Å². The van der Waals surface area contributed by atoms with Crippen molar-refractivity contribution in [2.75, 3.05) is 5.32 Å². The van der Waals surface area contributed by atoms with Gasteiger partial charge in [0.1, 0.15) is 18.8 Å². The number of carbonyl (C=O) groups is 2. The van der Waals surface area contributed by atoms with E-state index in [9.17, 15) is 9.59 Å². The molecule has 33 heavy (non-hydrogen) atoms. The van der Waals surface area contributed by atoms with E-state index >= 15 is 0 Å². The molecule has 0 saturated heterocycles. The number of carbonyl (C=O) groups excluding carboxylic acids is 2. The van der Waals surface area contributed by atoms with Gasteiger partial charge in [0.05, 0.1) is 6.21 Å². The lowest BCUT2D eigenvalue weighted by atomic mass is 10.2. The van der Waals surface area contributed by atoms with Crippen LogP contribution in [0.25, 0.3) is 0 Å². The molecule has 3 aromatic carbocycles. The lowest BCUT2D eigenvalue weighted by Gasteiger charge is -2.10. The van der Waals surface area contributed by atoms with Crippen LogP contribution in [-0.4, -0.2) is 18.0 Å². The number of nitrogens with one attached hydrogen (secondary N) is 2. The quantitative estimate of drug-likeness (QED) is 0.224. The van der Waals surface area contributed by atoms with Gasteiger partial charge in [-0.15, -0.1) is 0 Å². The zero-order chi connectivity index (χ0) is 23.8. The van der Waals surface area contributed by atoms with Crippen molar-refractivity contribution >= 4 is 58.5 Å². The molecule has 6 nitrogen and oxygen atoms in total. The first kappa shape index (κ1) is 24.6. The highest BCUT2D eigenvalue weighted by atomic mass is 35.5. The van der Waals surface area contributed by atoms with E-state index in [1.807, 2.05) is 19.1 Å². The normalized spacial score (nSPS) is 10.8. The minimum Gasteiger partial charge on any atom is -0.488 e. The molecule has 0 fully saturated rings. The van der Waals surface area contributed by atoms with Gasteiger partial charge in [0.25, 0.3) is 0 Å². The van der Waals surface area contributed by atoms with Gasteiger partial charge in [0.2, 0.25) is 11.8 Å². The molecule has 170 valence electrons. The summed E-state index contributed by atoms with van der Waals surface area (Å²) in [6.45, 7) is 2.09. The maximum atomic E-state index is 12.1. The number of rotatable bonds is 8. The van der Waals surface area contributed by atoms with Crippen LogP contribution in [0.3, 0.4) is 0 Å². The molecular weight excluding hydrogens is 485 g/mol. The van der Waals surface area contributed by atoms with Crippen LogP contribution >= 0.6 is 34.8 Å². The van der Waals surface area contributed by atoms with Crippen LogP contribution in [0.5, 0.6) is 5.75 Å². The van der Waals surface area contributed by atoms with Crippen molar-refractivity contribution in [3.63, 3.8) is 0 Å². The average Bonchev–Trinajstić information content (AvgIpc) is 2.76. The molecule has 0 heterocycles. The average molecular weight is 505 g/mol. The summed E-state index contributed by atoms with van der Waals surface area (Å²) in [5, 5.41) is 8.13. The number of aryl methyl sites for hydroxylation is 1. The summed E-state index contributed by atoms with van der Waals surface area (Å²) < 4.78 is 5.84. The zero-order valence-electron chi connectivity index (χ0n) is 17.6. The van der Waals surface area contributed by atoms with Crippen LogP contribution in [0.4, 0.5) is 5.69 Å². The third-order valence-electron chi connectivity index (χ3n) is 4.49. The number of hydrazone groups is 1. The van der Waals surface area contributed by atoms with E-state index in [2.05, 4.69) is 15.8 Å². The van der Waals surface area contributed by atoms with Gasteiger partial charge in [0.15, 0.2) is 0 Å². The standard InChI is InChI=1S/C24H20Cl3N3O3/c1-15-6-9-19(11-20(15)26)29-23(31)12-24(32)30-28-13-16-4-2-3-5-22(16)33-14-17-7-8-18(25)10-21(17)27/h2-11,13H,12,14H2,1H3,(H,29,31)(H,30,32). The number of hydrogen-bond acceptors (Lipinski definition) is 4. The van der Waals surface area contributed by atoms with Crippen LogP contribution in [0.1, 0.15) is 23.1 Å². The largest absolute Gasteiger partial charge is 0.488 e. The van der Waals surface area contributed by atoms with E-state index < -0.39 is 18.2 Å². The summed E-state index contributed by atoms with van der Waals surface area (Å²) in [7, 11) is 0. The molecule has 0 aliphatic heterocycles. The third-order valence-corrected chi connectivity index (χ3v) is 5.48. The molecule has 0 saturated carbocycles. The fourth-order valence-electron chi connectivity index (χ4n) is 2.75. The highest BCUT2D eigenvalue weighted by Crippen LogP contribution is 2.24. The van der Waals surface area contributed by atoms with Gasteiger partial charge in [-0.3, -0.25) is 9.59 Å².